The third-order valence-corrected chi connectivity index (χ3v) is 3.47. The van der Waals surface area contributed by atoms with Crippen molar-refractivity contribution in [2.75, 3.05) is 0 Å². The molecule has 92 valence electrons. The van der Waals surface area contributed by atoms with Crippen LogP contribution >= 0.6 is 11.6 Å². The molecular weight excluding hydrogens is 236 g/mol. The van der Waals surface area contributed by atoms with Crippen LogP contribution in [0.3, 0.4) is 0 Å². The molecule has 1 amide bonds. The van der Waals surface area contributed by atoms with Crippen molar-refractivity contribution in [2.45, 2.75) is 37.4 Å². The average molecular weight is 254 g/mol. The number of alkyl halides is 1. The zero-order chi connectivity index (χ0) is 12.8. The zero-order valence-electron chi connectivity index (χ0n) is 10.4. The van der Waals surface area contributed by atoms with Crippen molar-refractivity contribution in [2.24, 2.45) is 0 Å². The van der Waals surface area contributed by atoms with Gasteiger partial charge in [0.15, 0.2) is 0 Å². The van der Waals surface area contributed by atoms with Gasteiger partial charge in [-0.3, -0.25) is 4.79 Å². The lowest BCUT2D eigenvalue weighted by Crippen LogP contribution is -2.88. The van der Waals surface area contributed by atoms with Gasteiger partial charge in [0.25, 0.3) is 5.00 Å². The Morgan fingerprint density at radius 1 is 1.29 bits per heavy atom. The van der Waals surface area contributed by atoms with Crippen LogP contribution in [0.15, 0.2) is 30.3 Å². The summed E-state index contributed by atoms with van der Waals surface area (Å²) in [5.41, 5.74) is 4.64. The number of halogens is 1. The Kier molecular flexibility index (Phi) is 2.71. The molecule has 3 N–H and O–H groups in total. The molecule has 2 atom stereocenters. The Bertz CT molecular complexity index is 436. The van der Waals surface area contributed by atoms with Crippen molar-refractivity contribution in [3.05, 3.63) is 35.9 Å². The molecule has 1 saturated heterocycles. The van der Waals surface area contributed by atoms with Gasteiger partial charge in [-0.25, -0.2) is 0 Å². The van der Waals surface area contributed by atoms with E-state index in [0.717, 1.165) is 5.56 Å². The first-order valence-corrected chi connectivity index (χ1v) is 6.07. The van der Waals surface area contributed by atoms with Crippen LogP contribution in [0.25, 0.3) is 0 Å². The number of quaternary nitrogens is 1. The van der Waals surface area contributed by atoms with Gasteiger partial charge in [-0.2, -0.15) is 0 Å². The molecule has 17 heavy (non-hydrogen) atoms. The summed E-state index contributed by atoms with van der Waals surface area (Å²) in [7, 11) is 0. The number of benzene rings is 1. The number of nitrogens with zero attached hydrogens (tertiary/aromatic N) is 1. The fourth-order valence-electron chi connectivity index (χ4n) is 2.31. The van der Waals surface area contributed by atoms with Crippen LogP contribution in [-0.2, 0) is 4.79 Å². The van der Waals surface area contributed by atoms with Crippen LogP contribution in [-0.4, -0.2) is 21.3 Å². The predicted octanol–water partition coefficient (Wildman–Crippen LogP) is 1.55. The van der Waals surface area contributed by atoms with Gasteiger partial charge in [-0.05, 0) is 37.9 Å². The molecule has 1 aromatic carbocycles. The quantitative estimate of drug-likeness (QED) is 0.461. The second kappa shape index (κ2) is 3.72. The van der Waals surface area contributed by atoms with E-state index in [1.54, 1.807) is 0 Å². The van der Waals surface area contributed by atoms with Gasteiger partial charge in [0.1, 0.15) is 6.04 Å². The van der Waals surface area contributed by atoms with Crippen LogP contribution in [0.4, 0.5) is 0 Å². The van der Waals surface area contributed by atoms with Gasteiger partial charge in [-0.1, -0.05) is 30.3 Å². The second-order valence-corrected chi connectivity index (χ2v) is 6.20. The molecule has 0 aromatic heterocycles. The molecule has 2 rings (SSSR count). The lowest BCUT2D eigenvalue weighted by Gasteiger charge is -2.54. The topological polar surface area (TPSA) is 48.0 Å². The van der Waals surface area contributed by atoms with Gasteiger partial charge >= 0.3 is 5.91 Å². The third-order valence-electron chi connectivity index (χ3n) is 3.10. The molecule has 1 heterocycles. The minimum absolute atomic E-state index is 0.0967. The van der Waals surface area contributed by atoms with Crippen LogP contribution < -0.4 is 5.73 Å². The van der Waals surface area contributed by atoms with E-state index >= 15 is 0 Å². The zero-order valence-corrected chi connectivity index (χ0v) is 11.2. The number of carbonyl (C=O) groups is 1. The van der Waals surface area contributed by atoms with E-state index in [9.17, 15) is 4.79 Å². The number of carbonyl (C=O) groups excluding carboxylic acids is 1. The van der Waals surface area contributed by atoms with Crippen LogP contribution in [0.5, 0.6) is 0 Å². The fourth-order valence-corrected chi connectivity index (χ4v) is 2.63. The first-order valence-electron chi connectivity index (χ1n) is 5.69. The summed E-state index contributed by atoms with van der Waals surface area (Å²) in [5.74, 6) is -0.0967. The molecule has 0 spiro atoms. The highest BCUT2D eigenvalue weighted by atomic mass is 35.5. The molecule has 1 aromatic rings. The first kappa shape index (κ1) is 12.4. The first-order chi connectivity index (χ1) is 7.76. The lowest BCUT2D eigenvalue weighted by atomic mass is 9.83. The van der Waals surface area contributed by atoms with Gasteiger partial charge < -0.3 is 10.6 Å². The second-order valence-electron chi connectivity index (χ2n) is 5.52. The van der Waals surface area contributed by atoms with Gasteiger partial charge in [0.2, 0.25) is 0 Å². The summed E-state index contributed by atoms with van der Waals surface area (Å²) >= 11 is 6.25. The van der Waals surface area contributed by atoms with Crippen molar-refractivity contribution in [3.8, 4) is 0 Å². The summed E-state index contributed by atoms with van der Waals surface area (Å²) in [6, 6.07) is 9.66. The molecule has 0 aliphatic carbocycles. The average Bonchev–Trinajstić information content (AvgIpc) is 2.24. The van der Waals surface area contributed by atoms with Crippen molar-refractivity contribution in [3.63, 3.8) is 0 Å². The minimum Gasteiger partial charge on any atom is -0.330 e. The maximum atomic E-state index is 12.0. The van der Waals surface area contributed by atoms with E-state index in [4.69, 9.17) is 11.6 Å². The lowest BCUT2D eigenvalue weighted by molar-refractivity contribution is -0.461. The largest absolute Gasteiger partial charge is 0.330 e. The van der Waals surface area contributed by atoms with Crippen molar-refractivity contribution >= 4 is 17.5 Å². The summed E-state index contributed by atoms with van der Waals surface area (Å²) < 4.78 is 0. The van der Waals surface area contributed by atoms with Gasteiger partial charge in [-0.15, -0.1) is 0 Å². The molecule has 4 heteroatoms. The Labute approximate surface area is 107 Å². The molecule has 1 aliphatic heterocycles. The molecule has 0 unspecified atom stereocenters. The molecule has 0 bridgehead atoms. The number of β-lactam (4-membered cyclic amide) rings is 1. The van der Waals surface area contributed by atoms with Gasteiger partial charge in [0.05, 0.1) is 0 Å². The molecule has 1 aliphatic rings. The summed E-state index contributed by atoms with van der Waals surface area (Å²) in [5, 5.41) is 0. The molecule has 1 fully saturated rings. The molecule has 0 radical (unpaired) electrons. The highest BCUT2D eigenvalue weighted by molar-refractivity contribution is 6.36. The van der Waals surface area contributed by atoms with Crippen molar-refractivity contribution < 1.29 is 10.5 Å². The van der Waals surface area contributed by atoms with E-state index in [2.05, 4.69) is 5.73 Å². The summed E-state index contributed by atoms with van der Waals surface area (Å²) in [4.78, 5) is 12.8. The van der Waals surface area contributed by atoms with Crippen LogP contribution in [0, 0.1) is 0 Å². The van der Waals surface area contributed by atoms with Crippen LogP contribution in [0.1, 0.15) is 32.4 Å². The van der Waals surface area contributed by atoms with Crippen molar-refractivity contribution in [1.82, 2.24) is 4.90 Å². The van der Waals surface area contributed by atoms with Crippen LogP contribution in [0.2, 0.25) is 0 Å². The third kappa shape index (κ3) is 1.83. The predicted molar refractivity (Wildman–Crippen MR) is 67.3 cm³/mol. The van der Waals surface area contributed by atoms with E-state index in [1.165, 1.54) is 0 Å². The summed E-state index contributed by atoms with van der Waals surface area (Å²) in [6.45, 7) is 6.02. The standard InChI is InChI=1S/C13H17ClN2O/c1-12(2,3)16-10(13(14,15)11(16)17)9-7-5-4-6-8-9/h4-8,10H,15H2,1-3H3/p+1/t10-,13+/m1/s1. The van der Waals surface area contributed by atoms with E-state index in [-0.39, 0.29) is 17.5 Å². The fraction of sp³-hybridized carbons (Fsp3) is 0.462. The van der Waals surface area contributed by atoms with E-state index < -0.39 is 5.00 Å². The smallest absolute Gasteiger partial charge is 0.304 e. The number of likely N-dealkylation sites (tertiary alicyclic amines) is 1. The summed E-state index contributed by atoms with van der Waals surface area (Å²) in [6.07, 6.45) is 0. The molecule has 3 nitrogen and oxygen atoms in total. The number of hydrogen-bond donors (Lipinski definition) is 1. The molecular formula is C13H18ClN2O+. The van der Waals surface area contributed by atoms with E-state index in [1.807, 2.05) is 56.0 Å². The highest BCUT2D eigenvalue weighted by Crippen LogP contribution is 2.46. The highest BCUT2D eigenvalue weighted by Gasteiger charge is 2.64. The van der Waals surface area contributed by atoms with Crippen molar-refractivity contribution in [1.29, 1.82) is 0 Å². The Morgan fingerprint density at radius 3 is 2.29 bits per heavy atom. The number of amides is 1. The normalized spacial score (nSPS) is 29.1. The SMILES string of the molecule is CC(C)(C)N1C(=O)[C@]([NH3+])(Cl)[C@H]1c1ccccc1. The Morgan fingerprint density at radius 2 is 1.82 bits per heavy atom. The van der Waals surface area contributed by atoms with E-state index in [0.29, 0.717) is 0 Å². The number of rotatable bonds is 1. The maximum absolute atomic E-state index is 12.0. The van der Waals surface area contributed by atoms with Gasteiger partial charge in [0, 0.05) is 5.54 Å². The monoisotopic (exact) mass is 253 g/mol. The number of hydrogen-bond acceptors (Lipinski definition) is 1. The Hall–Kier alpha value is -1.06. The molecule has 0 saturated carbocycles. The minimum atomic E-state index is -1.06. The maximum Gasteiger partial charge on any atom is 0.304 e. The Balaban J connectivity index is 2.41.